The van der Waals surface area contributed by atoms with Crippen LogP contribution in [0.2, 0.25) is 0 Å². The molecule has 0 saturated heterocycles. The number of nitrogens with zero attached hydrogens (tertiary/aromatic N) is 1. The van der Waals surface area contributed by atoms with E-state index in [0.29, 0.717) is 5.00 Å². The van der Waals surface area contributed by atoms with Gasteiger partial charge in [0.1, 0.15) is 11.0 Å². The van der Waals surface area contributed by atoms with Crippen LogP contribution in [-0.2, 0) is 9.53 Å². The SMILES string of the molecule is CCOC(=O)c1cc(-c2ccccc2)sc1NC(=O)[C@H](CC(C)C)N1C(=O)c2ccccc2C1=O. The molecule has 0 radical (unpaired) electrons. The average Bonchev–Trinajstić information content (AvgIpc) is 3.37. The molecule has 0 bridgehead atoms. The van der Waals surface area contributed by atoms with Gasteiger partial charge in [0, 0.05) is 4.88 Å². The van der Waals surface area contributed by atoms with Gasteiger partial charge in [-0.2, -0.15) is 0 Å². The zero-order chi connectivity index (χ0) is 25.1. The number of rotatable bonds is 8. The lowest BCUT2D eigenvalue weighted by Gasteiger charge is -2.26. The summed E-state index contributed by atoms with van der Waals surface area (Å²) in [4.78, 5) is 54.2. The highest BCUT2D eigenvalue weighted by molar-refractivity contribution is 7.20. The minimum atomic E-state index is -1.03. The van der Waals surface area contributed by atoms with E-state index in [-0.39, 0.29) is 35.6 Å². The Hall–Kier alpha value is -3.78. The summed E-state index contributed by atoms with van der Waals surface area (Å²) in [5, 5.41) is 3.14. The molecule has 0 fully saturated rings. The molecule has 2 aromatic carbocycles. The number of anilines is 1. The van der Waals surface area contributed by atoms with Crippen molar-refractivity contribution in [2.75, 3.05) is 11.9 Å². The zero-order valence-electron chi connectivity index (χ0n) is 19.7. The molecule has 7 nitrogen and oxygen atoms in total. The van der Waals surface area contributed by atoms with Gasteiger partial charge in [-0.1, -0.05) is 56.3 Å². The van der Waals surface area contributed by atoms with Crippen molar-refractivity contribution in [1.82, 2.24) is 4.90 Å². The molecule has 0 spiro atoms. The van der Waals surface area contributed by atoms with Crippen LogP contribution in [0.1, 0.15) is 58.3 Å². The van der Waals surface area contributed by atoms with E-state index in [1.807, 2.05) is 44.2 Å². The largest absolute Gasteiger partial charge is 0.462 e. The molecule has 3 amide bonds. The summed E-state index contributed by atoms with van der Waals surface area (Å²) in [6, 6.07) is 16.7. The fraction of sp³-hybridized carbons (Fsp3) is 0.259. The molecular weight excluding hydrogens is 464 g/mol. The summed E-state index contributed by atoms with van der Waals surface area (Å²) in [6.45, 7) is 5.73. The molecule has 3 aromatic rings. The Kier molecular flexibility index (Phi) is 7.12. The van der Waals surface area contributed by atoms with Gasteiger partial charge in [-0.3, -0.25) is 19.3 Å². The number of esters is 1. The van der Waals surface area contributed by atoms with Crippen molar-refractivity contribution >= 4 is 40.0 Å². The van der Waals surface area contributed by atoms with Crippen molar-refractivity contribution in [2.45, 2.75) is 33.2 Å². The Balaban J connectivity index is 1.68. The van der Waals surface area contributed by atoms with Gasteiger partial charge in [0.05, 0.1) is 23.3 Å². The lowest BCUT2D eigenvalue weighted by molar-refractivity contribution is -0.120. The summed E-state index contributed by atoms with van der Waals surface area (Å²) < 4.78 is 5.20. The third kappa shape index (κ3) is 4.88. The van der Waals surface area contributed by atoms with Gasteiger partial charge in [0.25, 0.3) is 11.8 Å². The van der Waals surface area contributed by atoms with Crippen molar-refractivity contribution in [3.05, 3.63) is 77.4 Å². The topological polar surface area (TPSA) is 92.8 Å². The molecule has 1 aliphatic heterocycles. The molecule has 1 aromatic heterocycles. The van der Waals surface area contributed by atoms with Crippen LogP contribution in [-0.4, -0.2) is 41.2 Å². The van der Waals surface area contributed by atoms with Crippen molar-refractivity contribution < 1.29 is 23.9 Å². The third-order valence-corrected chi connectivity index (χ3v) is 6.76. The maximum Gasteiger partial charge on any atom is 0.341 e. The van der Waals surface area contributed by atoms with Crippen LogP contribution >= 0.6 is 11.3 Å². The van der Waals surface area contributed by atoms with Gasteiger partial charge in [-0.25, -0.2) is 4.79 Å². The fourth-order valence-corrected chi connectivity index (χ4v) is 5.11. The molecule has 35 heavy (non-hydrogen) atoms. The van der Waals surface area contributed by atoms with Gasteiger partial charge >= 0.3 is 5.97 Å². The van der Waals surface area contributed by atoms with Gasteiger partial charge in [0.2, 0.25) is 5.91 Å². The smallest absolute Gasteiger partial charge is 0.341 e. The second kappa shape index (κ2) is 10.2. The second-order valence-corrected chi connectivity index (χ2v) is 9.65. The zero-order valence-corrected chi connectivity index (χ0v) is 20.6. The Morgan fingerprint density at radius 2 is 1.57 bits per heavy atom. The predicted molar refractivity (Wildman–Crippen MR) is 135 cm³/mol. The van der Waals surface area contributed by atoms with Gasteiger partial charge in [-0.15, -0.1) is 11.3 Å². The molecule has 4 rings (SSSR count). The van der Waals surface area contributed by atoms with E-state index in [2.05, 4.69) is 5.32 Å². The number of amides is 3. The highest BCUT2D eigenvalue weighted by Gasteiger charge is 2.43. The van der Waals surface area contributed by atoms with Crippen LogP contribution in [0.25, 0.3) is 10.4 Å². The lowest BCUT2D eigenvalue weighted by atomic mass is 10.0. The summed E-state index contributed by atoms with van der Waals surface area (Å²) in [5.74, 6) is -2.04. The molecular formula is C27H26N2O5S. The Bertz CT molecular complexity index is 1250. The minimum Gasteiger partial charge on any atom is -0.462 e. The van der Waals surface area contributed by atoms with Gasteiger partial charge in [0.15, 0.2) is 0 Å². The molecule has 1 atom stereocenters. The van der Waals surface area contributed by atoms with Crippen LogP contribution < -0.4 is 5.32 Å². The normalized spacial score (nSPS) is 13.7. The number of benzene rings is 2. The highest BCUT2D eigenvalue weighted by Crippen LogP contribution is 2.37. The Morgan fingerprint density at radius 1 is 0.971 bits per heavy atom. The highest BCUT2D eigenvalue weighted by atomic mass is 32.1. The van der Waals surface area contributed by atoms with Crippen LogP contribution in [0.3, 0.4) is 0 Å². The van der Waals surface area contributed by atoms with Crippen molar-refractivity contribution in [3.8, 4) is 10.4 Å². The number of fused-ring (bicyclic) bond motifs is 1. The molecule has 180 valence electrons. The standard InChI is InChI=1S/C27H26N2O5S/c1-4-34-27(33)20-15-22(17-10-6-5-7-11-17)35-24(20)28-23(30)21(14-16(2)3)29-25(31)18-12-8-9-13-19(18)26(29)32/h5-13,15-16,21H,4,14H2,1-3H3,(H,28,30)/t21-/m0/s1. The summed E-state index contributed by atoms with van der Waals surface area (Å²) >= 11 is 1.24. The Labute approximate surface area is 207 Å². The number of carbonyl (C=O) groups is 4. The van der Waals surface area contributed by atoms with Crippen LogP contribution in [0.15, 0.2) is 60.7 Å². The maximum atomic E-state index is 13.6. The van der Waals surface area contributed by atoms with Gasteiger partial charge < -0.3 is 10.1 Å². The molecule has 2 heterocycles. The second-order valence-electron chi connectivity index (χ2n) is 8.60. The number of hydrogen-bond donors (Lipinski definition) is 1. The third-order valence-electron chi connectivity index (χ3n) is 5.66. The number of hydrogen-bond acceptors (Lipinski definition) is 6. The summed E-state index contributed by atoms with van der Waals surface area (Å²) in [7, 11) is 0. The Morgan fingerprint density at radius 3 is 2.14 bits per heavy atom. The minimum absolute atomic E-state index is 0.0304. The predicted octanol–water partition coefficient (Wildman–Crippen LogP) is 5.24. The van der Waals surface area contributed by atoms with Crippen LogP contribution in [0.5, 0.6) is 0 Å². The summed E-state index contributed by atoms with van der Waals surface area (Å²) in [6.07, 6.45) is 0.281. The first kappa shape index (κ1) is 24.3. The maximum absolute atomic E-state index is 13.6. The first-order chi connectivity index (χ1) is 16.8. The molecule has 0 unspecified atom stereocenters. The summed E-state index contributed by atoms with van der Waals surface area (Å²) in [5.41, 5.74) is 1.69. The van der Waals surface area contributed by atoms with E-state index in [1.165, 1.54) is 11.3 Å². The van der Waals surface area contributed by atoms with Crippen LogP contribution in [0.4, 0.5) is 5.00 Å². The van der Waals surface area contributed by atoms with E-state index in [0.717, 1.165) is 15.3 Å². The van der Waals surface area contributed by atoms with E-state index in [1.54, 1.807) is 37.3 Å². The quantitative estimate of drug-likeness (QED) is 0.344. The van der Waals surface area contributed by atoms with Crippen LogP contribution in [0, 0.1) is 5.92 Å². The monoisotopic (exact) mass is 490 g/mol. The van der Waals surface area contributed by atoms with E-state index >= 15 is 0 Å². The number of thiophene rings is 1. The van der Waals surface area contributed by atoms with Crippen molar-refractivity contribution in [2.24, 2.45) is 5.92 Å². The first-order valence-electron chi connectivity index (χ1n) is 11.5. The van der Waals surface area contributed by atoms with E-state index in [9.17, 15) is 19.2 Å². The van der Waals surface area contributed by atoms with E-state index < -0.39 is 29.7 Å². The van der Waals surface area contributed by atoms with Gasteiger partial charge in [-0.05, 0) is 43.0 Å². The number of imide groups is 1. The molecule has 0 aliphatic carbocycles. The molecule has 1 aliphatic rings. The van der Waals surface area contributed by atoms with Crippen molar-refractivity contribution in [1.29, 1.82) is 0 Å². The number of ether oxygens (including phenoxy) is 1. The molecule has 8 heteroatoms. The fourth-order valence-electron chi connectivity index (χ4n) is 4.05. The van der Waals surface area contributed by atoms with Crippen molar-refractivity contribution in [3.63, 3.8) is 0 Å². The van der Waals surface area contributed by atoms with E-state index in [4.69, 9.17) is 4.74 Å². The first-order valence-corrected chi connectivity index (χ1v) is 12.3. The average molecular weight is 491 g/mol. The number of nitrogens with one attached hydrogen (secondary N) is 1. The number of carbonyl (C=O) groups excluding carboxylic acids is 4. The molecule has 1 N–H and O–H groups in total. The molecule has 0 saturated carbocycles. The lowest BCUT2D eigenvalue weighted by Crippen LogP contribution is -2.48.